The van der Waals surface area contributed by atoms with Crippen LogP contribution < -0.4 is 10.6 Å². The molecular weight excluding hydrogens is 480 g/mol. The van der Waals surface area contributed by atoms with Gasteiger partial charge in [0, 0.05) is 77.0 Å². The van der Waals surface area contributed by atoms with E-state index in [4.69, 9.17) is 5.73 Å². The summed E-state index contributed by atoms with van der Waals surface area (Å²) < 4.78 is 0. The highest BCUT2D eigenvalue weighted by Gasteiger charge is 2.30. The Kier molecular flexibility index (Phi) is 9.84. The molecular formula is C29H40N6O3. The summed E-state index contributed by atoms with van der Waals surface area (Å²) in [4.78, 5) is 50.6. The highest BCUT2D eigenvalue weighted by molar-refractivity contribution is 5.92. The van der Waals surface area contributed by atoms with Crippen molar-refractivity contribution in [1.29, 1.82) is 0 Å². The number of pyridine rings is 1. The average molecular weight is 521 g/mol. The number of hydrogen-bond donors (Lipinski definition) is 1. The molecule has 3 amide bonds. The van der Waals surface area contributed by atoms with Gasteiger partial charge in [-0.05, 0) is 56.1 Å². The van der Waals surface area contributed by atoms with Gasteiger partial charge in [0.2, 0.25) is 17.7 Å². The molecule has 2 N–H and O–H groups in total. The zero-order valence-corrected chi connectivity index (χ0v) is 22.4. The van der Waals surface area contributed by atoms with E-state index in [1.54, 1.807) is 13.1 Å². The molecule has 1 aromatic carbocycles. The van der Waals surface area contributed by atoms with Crippen LogP contribution in [0.3, 0.4) is 0 Å². The van der Waals surface area contributed by atoms with Crippen LogP contribution >= 0.6 is 0 Å². The molecule has 3 heterocycles. The highest BCUT2D eigenvalue weighted by Crippen LogP contribution is 2.26. The van der Waals surface area contributed by atoms with Gasteiger partial charge in [-0.1, -0.05) is 24.3 Å². The fraction of sp³-hybridized carbons (Fsp3) is 0.517. The number of benzene rings is 1. The zero-order chi connectivity index (χ0) is 26.9. The first-order valence-corrected chi connectivity index (χ1v) is 13.7. The molecule has 2 aromatic rings. The number of primary amides is 1. The summed E-state index contributed by atoms with van der Waals surface area (Å²) in [6.07, 6.45) is 4.53. The van der Waals surface area contributed by atoms with Crippen molar-refractivity contribution < 1.29 is 14.4 Å². The lowest BCUT2D eigenvalue weighted by atomic mass is 9.94. The summed E-state index contributed by atoms with van der Waals surface area (Å²) in [6, 6.07) is 13.9. The van der Waals surface area contributed by atoms with Crippen LogP contribution in [0.2, 0.25) is 0 Å². The van der Waals surface area contributed by atoms with Gasteiger partial charge in [0.1, 0.15) is 0 Å². The summed E-state index contributed by atoms with van der Waals surface area (Å²) in [6.45, 7) is 7.80. The van der Waals surface area contributed by atoms with Gasteiger partial charge in [-0.25, -0.2) is 0 Å². The molecule has 2 aliphatic heterocycles. The fourth-order valence-electron chi connectivity index (χ4n) is 5.46. The van der Waals surface area contributed by atoms with Crippen molar-refractivity contribution in [3.8, 4) is 0 Å². The summed E-state index contributed by atoms with van der Waals surface area (Å²) in [5.41, 5.74) is 8.19. The minimum absolute atomic E-state index is 0.00850. The van der Waals surface area contributed by atoms with E-state index >= 15 is 0 Å². The molecule has 0 spiro atoms. The Labute approximate surface area is 225 Å². The molecule has 0 saturated carbocycles. The summed E-state index contributed by atoms with van der Waals surface area (Å²) in [5.74, 6) is -0.166. The van der Waals surface area contributed by atoms with Gasteiger partial charge in [-0.15, -0.1) is 0 Å². The topological polar surface area (TPSA) is 103 Å². The first-order valence-electron chi connectivity index (χ1n) is 13.7. The number of hydrogen-bond acceptors (Lipinski definition) is 6. The number of fused-ring (bicyclic) bond motifs is 1. The molecule has 4 rings (SSSR count). The normalized spacial score (nSPS) is 18.4. The third kappa shape index (κ3) is 7.61. The zero-order valence-electron chi connectivity index (χ0n) is 22.4. The Hall–Kier alpha value is -3.30. The van der Waals surface area contributed by atoms with E-state index in [1.807, 2.05) is 52.3 Å². The van der Waals surface area contributed by atoms with E-state index in [1.165, 1.54) is 0 Å². The average Bonchev–Trinajstić information content (AvgIpc) is 2.95. The molecule has 0 atom stereocenters. The molecule has 0 unspecified atom stereocenters. The van der Waals surface area contributed by atoms with Crippen molar-refractivity contribution in [2.24, 2.45) is 11.7 Å². The summed E-state index contributed by atoms with van der Waals surface area (Å²) >= 11 is 0. The largest absolute Gasteiger partial charge is 0.370 e. The molecule has 0 bridgehead atoms. The van der Waals surface area contributed by atoms with E-state index in [-0.39, 0.29) is 23.6 Å². The van der Waals surface area contributed by atoms with E-state index in [9.17, 15) is 14.4 Å². The van der Waals surface area contributed by atoms with Crippen LogP contribution in [0.15, 0.2) is 48.7 Å². The fourth-order valence-corrected chi connectivity index (χ4v) is 5.46. The Balaban J connectivity index is 1.53. The number of carbonyl (C=O) groups is 3. The van der Waals surface area contributed by atoms with Gasteiger partial charge in [-0.3, -0.25) is 24.3 Å². The van der Waals surface area contributed by atoms with Crippen LogP contribution in [-0.2, 0) is 27.5 Å². The van der Waals surface area contributed by atoms with Crippen LogP contribution in [0.4, 0.5) is 5.69 Å². The summed E-state index contributed by atoms with van der Waals surface area (Å²) in [5, 5.41) is 0. The first-order chi connectivity index (χ1) is 18.4. The molecule has 0 aliphatic carbocycles. The Morgan fingerprint density at radius 1 is 0.921 bits per heavy atom. The molecule has 0 radical (unpaired) electrons. The number of likely N-dealkylation sites (tertiary alicyclic amines) is 1. The Morgan fingerprint density at radius 2 is 1.68 bits per heavy atom. The number of nitrogens with two attached hydrogens (primary N) is 1. The van der Waals surface area contributed by atoms with Crippen molar-refractivity contribution in [3.05, 3.63) is 59.9 Å². The number of amides is 3. The predicted molar refractivity (Wildman–Crippen MR) is 147 cm³/mol. The second-order valence-electron chi connectivity index (χ2n) is 10.3. The van der Waals surface area contributed by atoms with Crippen LogP contribution in [0, 0.1) is 5.92 Å². The van der Waals surface area contributed by atoms with Crippen molar-refractivity contribution in [3.63, 3.8) is 0 Å². The maximum atomic E-state index is 13.9. The Bertz CT molecular complexity index is 1090. The van der Waals surface area contributed by atoms with Crippen LogP contribution in [0.5, 0.6) is 0 Å². The van der Waals surface area contributed by atoms with Crippen molar-refractivity contribution in [2.45, 2.75) is 45.7 Å². The van der Waals surface area contributed by atoms with Gasteiger partial charge in [-0.2, -0.15) is 0 Å². The molecule has 9 nitrogen and oxygen atoms in total. The van der Waals surface area contributed by atoms with Gasteiger partial charge in [0.05, 0.1) is 5.69 Å². The van der Waals surface area contributed by atoms with E-state index in [2.05, 4.69) is 14.8 Å². The maximum absolute atomic E-state index is 13.9. The lowest BCUT2D eigenvalue weighted by Gasteiger charge is -2.35. The SMILES string of the molecule is CC(=O)N1CCCN(Cc2ccccn2)CCN(C(=O)C2CCN(CCC(N)=O)CC2)Cc2ccccc21. The van der Waals surface area contributed by atoms with E-state index in [0.29, 0.717) is 39.1 Å². The van der Waals surface area contributed by atoms with Gasteiger partial charge < -0.3 is 20.4 Å². The number of carbonyl (C=O) groups excluding carboxylic acids is 3. The van der Waals surface area contributed by atoms with Crippen LogP contribution in [-0.4, -0.2) is 83.2 Å². The molecule has 1 fully saturated rings. The molecule has 204 valence electrons. The number of rotatable bonds is 6. The highest BCUT2D eigenvalue weighted by atomic mass is 16.2. The molecule has 9 heteroatoms. The number of anilines is 1. The second kappa shape index (κ2) is 13.5. The number of piperidine rings is 1. The smallest absolute Gasteiger partial charge is 0.226 e. The standard InChI is InChI=1S/C29H40N6O3/c1-23(36)35-15-6-14-33(22-26-8-4-5-13-31-26)19-20-34(21-25-7-2-3-9-27(25)35)29(38)24-10-16-32(17-11-24)18-12-28(30)37/h2-5,7-9,13,24H,6,10-12,14-22H2,1H3,(H2,30,37). The van der Waals surface area contributed by atoms with Crippen LogP contribution in [0.1, 0.15) is 43.9 Å². The molecule has 2 aliphatic rings. The van der Waals surface area contributed by atoms with Crippen LogP contribution in [0.25, 0.3) is 0 Å². The monoisotopic (exact) mass is 520 g/mol. The quantitative estimate of drug-likeness (QED) is 0.627. The third-order valence-electron chi connectivity index (χ3n) is 7.60. The van der Waals surface area contributed by atoms with Gasteiger partial charge in [0.25, 0.3) is 0 Å². The second-order valence-corrected chi connectivity index (χ2v) is 10.3. The minimum atomic E-state index is -0.291. The van der Waals surface area contributed by atoms with E-state index in [0.717, 1.165) is 62.4 Å². The predicted octanol–water partition coefficient (Wildman–Crippen LogP) is 2.26. The van der Waals surface area contributed by atoms with Gasteiger partial charge >= 0.3 is 0 Å². The van der Waals surface area contributed by atoms with E-state index < -0.39 is 0 Å². The maximum Gasteiger partial charge on any atom is 0.226 e. The number of aromatic nitrogens is 1. The third-order valence-corrected chi connectivity index (χ3v) is 7.60. The van der Waals surface area contributed by atoms with Crippen molar-refractivity contribution >= 4 is 23.4 Å². The molecule has 1 aromatic heterocycles. The number of nitrogens with zero attached hydrogens (tertiary/aromatic N) is 5. The Morgan fingerprint density at radius 3 is 2.39 bits per heavy atom. The van der Waals surface area contributed by atoms with Crippen molar-refractivity contribution in [2.75, 3.05) is 50.7 Å². The lowest BCUT2D eigenvalue weighted by Crippen LogP contribution is -2.45. The minimum Gasteiger partial charge on any atom is -0.370 e. The van der Waals surface area contributed by atoms with Crippen molar-refractivity contribution in [1.82, 2.24) is 19.7 Å². The lowest BCUT2D eigenvalue weighted by molar-refractivity contribution is -0.138. The van der Waals surface area contributed by atoms with Gasteiger partial charge in [0.15, 0.2) is 0 Å². The first kappa shape index (κ1) is 27.7. The molecule has 1 saturated heterocycles. The molecule has 38 heavy (non-hydrogen) atoms. The number of para-hydroxylation sites is 1. The summed E-state index contributed by atoms with van der Waals surface area (Å²) in [7, 11) is 0.